The summed E-state index contributed by atoms with van der Waals surface area (Å²) < 4.78 is 27.4. The number of aliphatic carboxylic acids is 1. The molecule has 9 heteroatoms. The van der Waals surface area contributed by atoms with Gasteiger partial charge in [0.15, 0.2) is 0 Å². The van der Waals surface area contributed by atoms with Crippen molar-refractivity contribution in [1.82, 2.24) is 4.90 Å². The van der Waals surface area contributed by atoms with E-state index < -0.39 is 29.6 Å². The maximum atomic E-state index is 13.7. The number of hydrogen-bond acceptors (Lipinski definition) is 3. The van der Waals surface area contributed by atoms with Crippen molar-refractivity contribution in [2.75, 3.05) is 0 Å². The van der Waals surface area contributed by atoms with Crippen LogP contribution in [0.25, 0.3) is 11.1 Å². The van der Waals surface area contributed by atoms with Gasteiger partial charge in [0.2, 0.25) is 0 Å². The Morgan fingerprint density at radius 1 is 0.917 bits per heavy atom. The molecule has 36 heavy (non-hydrogen) atoms. The molecule has 1 atom stereocenters. The van der Waals surface area contributed by atoms with Gasteiger partial charge in [0.1, 0.15) is 17.7 Å². The molecule has 4 nitrogen and oxygen atoms in total. The highest BCUT2D eigenvalue weighted by atomic mass is 35.5. The van der Waals surface area contributed by atoms with E-state index in [1.165, 1.54) is 46.6 Å². The van der Waals surface area contributed by atoms with Crippen LogP contribution in [0.5, 0.6) is 0 Å². The molecule has 0 aliphatic heterocycles. The number of amides is 1. The highest BCUT2D eigenvalue weighted by Gasteiger charge is 2.32. The average Bonchev–Trinajstić information content (AvgIpc) is 3.30. The molecular formula is C27H19Cl2F2NO3S. The van der Waals surface area contributed by atoms with Gasteiger partial charge in [-0.2, -0.15) is 0 Å². The summed E-state index contributed by atoms with van der Waals surface area (Å²) in [6.07, 6.45) is 0.0699. The number of halogens is 4. The zero-order valence-corrected chi connectivity index (χ0v) is 21.0. The number of nitrogens with zero attached hydrogens (tertiary/aromatic N) is 1. The van der Waals surface area contributed by atoms with E-state index in [2.05, 4.69) is 0 Å². The lowest BCUT2D eigenvalue weighted by atomic mass is 10.0. The monoisotopic (exact) mass is 545 g/mol. The molecule has 3 aromatic carbocycles. The average molecular weight is 546 g/mol. The molecule has 184 valence electrons. The topological polar surface area (TPSA) is 57.6 Å². The number of thiophene rings is 1. The Morgan fingerprint density at radius 3 is 2.25 bits per heavy atom. The Morgan fingerprint density at radius 2 is 1.61 bits per heavy atom. The third-order valence-electron chi connectivity index (χ3n) is 5.53. The number of carbonyl (C=O) groups is 2. The predicted octanol–water partition coefficient (Wildman–Crippen LogP) is 7.34. The molecule has 1 heterocycles. The lowest BCUT2D eigenvalue weighted by molar-refractivity contribution is -0.142. The van der Waals surface area contributed by atoms with Crippen molar-refractivity contribution < 1.29 is 23.5 Å². The predicted molar refractivity (Wildman–Crippen MR) is 138 cm³/mol. The van der Waals surface area contributed by atoms with Gasteiger partial charge in [-0.3, -0.25) is 4.79 Å². The summed E-state index contributed by atoms with van der Waals surface area (Å²) in [6, 6.07) is 17.0. The second kappa shape index (κ2) is 11.2. The van der Waals surface area contributed by atoms with Crippen molar-refractivity contribution >= 4 is 46.4 Å². The van der Waals surface area contributed by atoms with Crippen molar-refractivity contribution in [3.8, 4) is 11.1 Å². The van der Waals surface area contributed by atoms with E-state index in [-0.39, 0.29) is 23.6 Å². The van der Waals surface area contributed by atoms with Gasteiger partial charge in [0.25, 0.3) is 5.91 Å². The third kappa shape index (κ3) is 6.10. The second-order valence-corrected chi connectivity index (χ2v) is 9.90. The van der Waals surface area contributed by atoms with Crippen LogP contribution < -0.4 is 0 Å². The summed E-state index contributed by atoms with van der Waals surface area (Å²) in [4.78, 5) is 27.9. The Hall–Kier alpha value is -3.26. The zero-order chi connectivity index (χ0) is 25.8. The molecule has 0 fully saturated rings. The highest BCUT2D eigenvalue weighted by molar-refractivity contribution is 7.10. The van der Waals surface area contributed by atoms with Crippen LogP contribution in [0.2, 0.25) is 10.0 Å². The molecule has 1 N–H and O–H groups in total. The first-order valence-corrected chi connectivity index (χ1v) is 12.4. The van der Waals surface area contributed by atoms with Crippen LogP contribution in [0.15, 0.2) is 78.2 Å². The van der Waals surface area contributed by atoms with Gasteiger partial charge >= 0.3 is 5.97 Å². The Labute approximate surface area is 220 Å². The Kier molecular flexibility index (Phi) is 8.04. The van der Waals surface area contributed by atoms with Gasteiger partial charge < -0.3 is 10.0 Å². The summed E-state index contributed by atoms with van der Waals surface area (Å²) in [6.45, 7) is -0.0515. The third-order valence-corrected chi connectivity index (χ3v) is 7.00. The largest absolute Gasteiger partial charge is 0.480 e. The number of carboxylic acids is 1. The quantitative estimate of drug-likeness (QED) is 0.252. The smallest absolute Gasteiger partial charge is 0.326 e. The van der Waals surface area contributed by atoms with E-state index in [9.17, 15) is 23.5 Å². The molecule has 0 spiro atoms. The fourth-order valence-corrected chi connectivity index (χ4v) is 5.19. The van der Waals surface area contributed by atoms with Crippen LogP contribution in [0, 0.1) is 11.6 Å². The van der Waals surface area contributed by atoms with E-state index in [4.69, 9.17) is 23.2 Å². The number of benzene rings is 3. The molecule has 0 aliphatic carbocycles. The zero-order valence-electron chi connectivity index (χ0n) is 18.6. The molecule has 1 aromatic heterocycles. The molecule has 0 aliphatic rings. The minimum absolute atomic E-state index is 0.0515. The van der Waals surface area contributed by atoms with E-state index in [0.717, 1.165) is 11.6 Å². The lowest BCUT2D eigenvalue weighted by Gasteiger charge is -2.29. The van der Waals surface area contributed by atoms with Gasteiger partial charge in [-0.05, 0) is 58.5 Å². The molecule has 0 saturated carbocycles. The Bertz CT molecular complexity index is 1390. The van der Waals surface area contributed by atoms with Crippen LogP contribution in [0.3, 0.4) is 0 Å². The number of carbonyl (C=O) groups excluding carboxylic acids is 1. The summed E-state index contributed by atoms with van der Waals surface area (Å²) in [5, 5.41) is 12.3. The standard InChI is InChI=1S/C27H19Cl2F2NO3S/c28-19-6-7-23(24(29)12-19)26(33)32(25(27(34)35)8-16-4-2-1-3-5-16)14-22-11-18(15-36-22)17-9-20(30)13-21(31)10-17/h1-7,9-13,15,25H,8,14H2,(H,34,35). The maximum absolute atomic E-state index is 13.7. The first-order valence-electron chi connectivity index (χ1n) is 10.8. The minimum Gasteiger partial charge on any atom is -0.480 e. The molecule has 0 bridgehead atoms. The molecular weight excluding hydrogens is 527 g/mol. The van der Waals surface area contributed by atoms with Crippen molar-refractivity contribution in [3.05, 3.63) is 116 Å². The van der Waals surface area contributed by atoms with Crippen molar-refractivity contribution in [2.24, 2.45) is 0 Å². The van der Waals surface area contributed by atoms with Crippen LogP contribution >= 0.6 is 34.5 Å². The molecule has 4 rings (SSSR count). The van der Waals surface area contributed by atoms with E-state index >= 15 is 0 Å². The van der Waals surface area contributed by atoms with Gasteiger partial charge in [0, 0.05) is 22.4 Å². The van der Waals surface area contributed by atoms with Crippen LogP contribution in [0.4, 0.5) is 8.78 Å². The summed E-state index contributed by atoms with van der Waals surface area (Å²) >= 11 is 13.5. The number of hydrogen-bond donors (Lipinski definition) is 1. The minimum atomic E-state index is -1.20. The van der Waals surface area contributed by atoms with E-state index in [1.54, 1.807) is 35.7 Å². The second-order valence-electron chi connectivity index (χ2n) is 8.06. The van der Waals surface area contributed by atoms with Crippen molar-refractivity contribution in [3.63, 3.8) is 0 Å². The summed E-state index contributed by atoms with van der Waals surface area (Å²) in [5.41, 5.74) is 1.75. The van der Waals surface area contributed by atoms with E-state index in [0.29, 0.717) is 21.0 Å². The van der Waals surface area contributed by atoms with Crippen molar-refractivity contribution in [2.45, 2.75) is 19.0 Å². The van der Waals surface area contributed by atoms with E-state index in [1.807, 2.05) is 6.07 Å². The van der Waals surface area contributed by atoms with Gasteiger partial charge in [-0.1, -0.05) is 53.5 Å². The molecule has 1 unspecified atom stereocenters. The molecule has 0 saturated heterocycles. The van der Waals surface area contributed by atoms with Crippen LogP contribution in [0.1, 0.15) is 20.8 Å². The normalized spacial score (nSPS) is 11.8. The number of carboxylic acid groups (broad SMARTS) is 1. The highest BCUT2D eigenvalue weighted by Crippen LogP contribution is 2.30. The first kappa shape index (κ1) is 25.8. The molecule has 1 amide bonds. The fourth-order valence-electron chi connectivity index (χ4n) is 3.81. The fraction of sp³-hybridized carbons (Fsp3) is 0.111. The van der Waals surface area contributed by atoms with Gasteiger partial charge in [0.05, 0.1) is 17.1 Å². The SMILES string of the molecule is O=C(O)C(Cc1ccccc1)N(Cc1cc(-c2cc(F)cc(F)c2)cs1)C(=O)c1ccc(Cl)cc1Cl. The summed E-state index contributed by atoms with van der Waals surface area (Å²) in [5.74, 6) is -3.17. The Balaban J connectivity index is 1.71. The van der Waals surface area contributed by atoms with Crippen LogP contribution in [-0.2, 0) is 17.8 Å². The van der Waals surface area contributed by atoms with Crippen molar-refractivity contribution in [1.29, 1.82) is 0 Å². The number of rotatable bonds is 8. The maximum Gasteiger partial charge on any atom is 0.326 e. The molecule has 4 aromatic rings. The van der Waals surface area contributed by atoms with Gasteiger partial charge in [-0.25, -0.2) is 13.6 Å². The lowest BCUT2D eigenvalue weighted by Crippen LogP contribution is -2.46. The summed E-state index contributed by atoms with van der Waals surface area (Å²) in [7, 11) is 0. The van der Waals surface area contributed by atoms with Gasteiger partial charge in [-0.15, -0.1) is 11.3 Å². The molecule has 0 radical (unpaired) electrons. The first-order chi connectivity index (χ1) is 17.2. The van der Waals surface area contributed by atoms with Crippen LogP contribution in [-0.4, -0.2) is 27.9 Å².